The molecule has 28 heavy (non-hydrogen) atoms. The fraction of sp³-hybridized carbons (Fsp3) is 0.174. The molecule has 0 spiro atoms. The average Bonchev–Trinajstić information content (AvgIpc) is 2.74. The van der Waals surface area contributed by atoms with Crippen LogP contribution < -0.4 is 10.1 Å². The zero-order valence-electron chi connectivity index (χ0n) is 15.5. The summed E-state index contributed by atoms with van der Waals surface area (Å²) < 4.78 is 18.7. The van der Waals surface area contributed by atoms with Crippen LogP contribution in [0.4, 0.5) is 4.39 Å². The highest BCUT2D eigenvalue weighted by molar-refractivity contribution is 6.02. The highest BCUT2D eigenvalue weighted by Gasteiger charge is 2.27. The van der Waals surface area contributed by atoms with Crippen LogP contribution >= 0.6 is 0 Å². The lowest BCUT2D eigenvalue weighted by atomic mass is 9.93. The van der Waals surface area contributed by atoms with Crippen molar-refractivity contribution in [1.82, 2.24) is 5.32 Å². The van der Waals surface area contributed by atoms with Crippen LogP contribution in [0, 0.1) is 5.82 Å². The highest BCUT2D eigenvalue weighted by Crippen LogP contribution is 2.34. The number of ether oxygens (including phenoxy) is 1. The predicted octanol–water partition coefficient (Wildman–Crippen LogP) is 4.76. The number of phenolic OH excluding ortho intramolecular Hbond substituents is 1. The highest BCUT2D eigenvalue weighted by atomic mass is 19.1. The summed E-state index contributed by atoms with van der Waals surface area (Å²) in [5, 5.41) is 13.8. The first-order chi connectivity index (χ1) is 13.6. The molecule has 0 bridgehead atoms. The van der Waals surface area contributed by atoms with E-state index in [1.54, 1.807) is 31.4 Å². The lowest BCUT2D eigenvalue weighted by Crippen LogP contribution is -2.33. The molecule has 142 valence electrons. The first-order valence-electron chi connectivity index (χ1n) is 9.14. The third-order valence-corrected chi connectivity index (χ3v) is 4.94. The number of para-hydroxylation sites is 1. The summed E-state index contributed by atoms with van der Waals surface area (Å²) in [5.74, 6) is 0.717. The van der Waals surface area contributed by atoms with Crippen LogP contribution in [0.15, 0.2) is 77.8 Å². The zero-order valence-corrected chi connectivity index (χ0v) is 15.5. The van der Waals surface area contributed by atoms with Gasteiger partial charge in [0.2, 0.25) is 0 Å². The van der Waals surface area contributed by atoms with Gasteiger partial charge in [-0.25, -0.2) is 4.39 Å². The van der Waals surface area contributed by atoms with E-state index in [1.807, 2.05) is 36.4 Å². The normalized spacial score (nSPS) is 19.1. The van der Waals surface area contributed by atoms with Crippen LogP contribution in [-0.2, 0) is 0 Å². The van der Waals surface area contributed by atoms with Crippen LogP contribution in [0.3, 0.4) is 0 Å². The van der Waals surface area contributed by atoms with Crippen molar-refractivity contribution < 1.29 is 14.2 Å². The summed E-state index contributed by atoms with van der Waals surface area (Å²) in [6.45, 7) is 0. The Morgan fingerprint density at radius 2 is 1.82 bits per heavy atom. The SMILES string of the molecule is COc1cccc(C2=N[C@H](c3ccc(F)cc3)N[C@@H](c3ccccc3O)C2)c1. The van der Waals surface area contributed by atoms with Gasteiger partial charge in [0.05, 0.1) is 7.11 Å². The van der Waals surface area contributed by atoms with Crippen molar-refractivity contribution in [3.05, 3.63) is 95.3 Å². The molecule has 0 unspecified atom stereocenters. The second-order valence-corrected chi connectivity index (χ2v) is 6.74. The lowest BCUT2D eigenvalue weighted by Gasteiger charge is -2.31. The minimum absolute atomic E-state index is 0.130. The van der Waals surface area contributed by atoms with Gasteiger partial charge in [-0.05, 0) is 41.5 Å². The number of nitrogens with one attached hydrogen (secondary N) is 1. The Hall–Kier alpha value is -3.18. The molecular weight excluding hydrogens is 355 g/mol. The van der Waals surface area contributed by atoms with E-state index in [-0.39, 0.29) is 23.8 Å². The van der Waals surface area contributed by atoms with E-state index >= 15 is 0 Å². The Bertz CT molecular complexity index is 1000. The fourth-order valence-electron chi connectivity index (χ4n) is 3.48. The molecule has 0 aliphatic carbocycles. The first kappa shape index (κ1) is 18.2. The molecule has 4 nitrogen and oxygen atoms in total. The quantitative estimate of drug-likeness (QED) is 0.690. The fourth-order valence-corrected chi connectivity index (χ4v) is 3.48. The Labute approximate surface area is 163 Å². The van der Waals surface area contributed by atoms with Crippen LogP contribution in [0.2, 0.25) is 0 Å². The van der Waals surface area contributed by atoms with Gasteiger partial charge in [-0.3, -0.25) is 10.3 Å². The Balaban J connectivity index is 1.76. The van der Waals surface area contributed by atoms with Crippen molar-refractivity contribution in [2.75, 3.05) is 7.11 Å². The molecular formula is C23H21FN2O2. The average molecular weight is 376 g/mol. The van der Waals surface area contributed by atoms with E-state index in [2.05, 4.69) is 5.32 Å². The van der Waals surface area contributed by atoms with Crippen molar-refractivity contribution in [2.45, 2.75) is 18.6 Å². The van der Waals surface area contributed by atoms with Gasteiger partial charge >= 0.3 is 0 Å². The molecule has 1 aliphatic rings. The Kier molecular flexibility index (Phi) is 5.08. The molecule has 1 aliphatic heterocycles. The smallest absolute Gasteiger partial charge is 0.126 e. The summed E-state index contributed by atoms with van der Waals surface area (Å²) >= 11 is 0. The molecule has 1 heterocycles. The van der Waals surface area contributed by atoms with E-state index in [0.29, 0.717) is 6.42 Å². The predicted molar refractivity (Wildman–Crippen MR) is 107 cm³/mol. The molecule has 0 saturated carbocycles. The van der Waals surface area contributed by atoms with Gasteiger partial charge in [0.15, 0.2) is 0 Å². The number of aliphatic imine (C=N–C) groups is 1. The molecule has 3 aromatic carbocycles. The van der Waals surface area contributed by atoms with E-state index < -0.39 is 0 Å². The summed E-state index contributed by atoms with van der Waals surface area (Å²) in [7, 11) is 1.63. The maximum Gasteiger partial charge on any atom is 0.126 e. The van der Waals surface area contributed by atoms with Crippen molar-refractivity contribution in [1.29, 1.82) is 0 Å². The van der Waals surface area contributed by atoms with Gasteiger partial charge in [0, 0.05) is 23.7 Å². The minimum Gasteiger partial charge on any atom is -0.508 e. The monoisotopic (exact) mass is 376 g/mol. The largest absolute Gasteiger partial charge is 0.508 e. The minimum atomic E-state index is -0.347. The molecule has 2 atom stereocenters. The molecule has 0 aromatic heterocycles. The standard InChI is InChI=1S/C23H21FN2O2/c1-28-18-6-4-5-16(13-18)20-14-21(19-7-2-3-8-22(19)27)26-23(25-20)15-9-11-17(24)12-10-15/h2-13,21,23,26-27H,14H2,1H3/t21-,23+/m1/s1. The van der Waals surface area contributed by atoms with Gasteiger partial charge in [-0.1, -0.05) is 42.5 Å². The first-order valence-corrected chi connectivity index (χ1v) is 9.14. The number of hydrogen-bond donors (Lipinski definition) is 2. The van der Waals surface area contributed by atoms with Crippen molar-refractivity contribution in [2.24, 2.45) is 4.99 Å². The maximum atomic E-state index is 13.4. The van der Waals surface area contributed by atoms with Crippen molar-refractivity contribution in [3.8, 4) is 11.5 Å². The third-order valence-electron chi connectivity index (χ3n) is 4.94. The summed E-state index contributed by atoms with van der Waals surface area (Å²) in [6, 6.07) is 21.3. The molecule has 4 rings (SSSR count). The van der Waals surface area contributed by atoms with E-state index in [0.717, 1.165) is 28.2 Å². The molecule has 0 radical (unpaired) electrons. The summed E-state index contributed by atoms with van der Waals surface area (Å²) in [4.78, 5) is 4.88. The molecule has 2 N–H and O–H groups in total. The topological polar surface area (TPSA) is 53.8 Å². The summed E-state index contributed by atoms with van der Waals surface area (Å²) in [6.07, 6.45) is 0.266. The van der Waals surface area contributed by atoms with Crippen molar-refractivity contribution >= 4 is 5.71 Å². The molecule has 0 saturated heterocycles. The number of nitrogens with zero attached hydrogens (tertiary/aromatic N) is 1. The van der Waals surface area contributed by atoms with Crippen LogP contribution in [-0.4, -0.2) is 17.9 Å². The molecule has 0 fully saturated rings. The van der Waals surface area contributed by atoms with Gasteiger partial charge in [0.1, 0.15) is 23.5 Å². The van der Waals surface area contributed by atoms with E-state index in [4.69, 9.17) is 9.73 Å². The van der Waals surface area contributed by atoms with Gasteiger partial charge in [-0.15, -0.1) is 0 Å². The number of hydrogen-bond acceptors (Lipinski definition) is 4. The van der Waals surface area contributed by atoms with Crippen LogP contribution in [0.25, 0.3) is 0 Å². The van der Waals surface area contributed by atoms with Gasteiger partial charge < -0.3 is 9.84 Å². The number of phenols is 1. The summed E-state index contributed by atoms with van der Waals surface area (Å²) in [5.41, 5.74) is 3.54. The Morgan fingerprint density at radius 1 is 1.04 bits per heavy atom. The van der Waals surface area contributed by atoms with E-state index in [9.17, 15) is 9.50 Å². The lowest BCUT2D eigenvalue weighted by molar-refractivity contribution is 0.410. The maximum absolute atomic E-state index is 13.4. The third kappa shape index (κ3) is 3.75. The molecule has 5 heteroatoms. The van der Waals surface area contributed by atoms with E-state index in [1.165, 1.54) is 12.1 Å². The number of aromatic hydroxyl groups is 1. The number of halogens is 1. The van der Waals surface area contributed by atoms with Gasteiger partial charge in [0.25, 0.3) is 0 Å². The van der Waals surface area contributed by atoms with Crippen LogP contribution in [0.5, 0.6) is 11.5 Å². The number of methoxy groups -OCH3 is 1. The number of rotatable bonds is 4. The molecule has 3 aromatic rings. The Morgan fingerprint density at radius 3 is 2.57 bits per heavy atom. The second kappa shape index (κ2) is 7.82. The van der Waals surface area contributed by atoms with Gasteiger partial charge in [-0.2, -0.15) is 0 Å². The second-order valence-electron chi connectivity index (χ2n) is 6.74. The molecule has 0 amide bonds. The number of benzene rings is 3. The van der Waals surface area contributed by atoms with Crippen LogP contribution in [0.1, 0.15) is 35.3 Å². The van der Waals surface area contributed by atoms with Crippen molar-refractivity contribution in [3.63, 3.8) is 0 Å². The zero-order chi connectivity index (χ0) is 19.5.